The summed E-state index contributed by atoms with van der Waals surface area (Å²) in [5.74, 6) is 0.824. The Balaban J connectivity index is 2.48. The first-order chi connectivity index (χ1) is 10.1. The third-order valence-corrected chi connectivity index (χ3v) is 4.05. The number of hydrogen-bond donors (Lipinski definition) is 1. The molecule has 2 rings (SSSR count). The molecule has 21 heavy (non-hydrogen) atoms. The molecule has 112 valence electrons. The van der Waals surface area contributed by atoms with Crippen LogP contribution in [0.2, 0.25) is 0 Å². The zero-order valence-corrected chi connectivity index (χ0v) is 13.0. The van der Waals surface area contributed by atoms with Gasteiger partial charge in [0.2, 0.25) is 0 Å². The second-order valence-electron chi connectivity index (χ2n) is 4.16. The first-order valence-corrected chi connectivity index (χ1v) is 7.21. The molecule has 1 heterocycles. The minimum absolute atomic E-state index is 0.313. The number of thiophene rings is 1. The quantitative estimate of drug-likeness (QED) is 0.859. The van der Waals surface area contributed by atoms with Crippen molar-refractivity contribution < 1.29 is 19.0 Å². The molecule has 0 radical (unpaired) electrons. The SMILES string of the molecule is CCOC(=O)c1sc(-c2cccc(OC)c2OC)cc1N. The van der Waals surface area contributed by atoms with E-state index in [0.29, 0.717) is 28.7 Å². The summed E-state index contributed by atoms with van der Waals surface area (Å²) < 4.78 is 15.7. The van der Waals surface area contributed by atoms with Crippen molar-refractivity contribution in [2.75, 3.05) is 26.6 Å². The van der Waals surface area contributed by atoms with Gasteiger partial charge in [-0.1, -0.05) is 6.07 Å². The Hall–Kier alpha value is -2.21. The van der Waals surface area contributed by atoms with Crippen LogP contribution in [0.4, 0.5) is 5.69 Å². The van der Waals surface area contributed by atoms with Crippen LogP contribution in [-0.2, 0) is 4.74 Å². The monoisotopic (exact) mass is 307 g/mol. The molecule has 5 nitrogen and oxygen atoms in total. The lowest BCUT2D eigenvalue weighted by Crippen LogP contribution is -2.04. The number of rotatable bonds is 5. The average Bonchev–Trinajstić information content (AvgIpc) is 2.88. The zero-order valence-electron chi connectivity index (χ0n) is 12.1. The smallest absolute Gasteiger partial charge is 0.350 e. The summed E-state index contributed by atoms with van der Waals surface area (Å²) in [4.78, 5) is 13.1. The Labute approximate surface area is 127 Å². The molecule has 6 heteroatoms. The second kappa shape index (κ2) is 6.49. The molecule has 0 spiro atoms. The lowest BCUT2D eigenvalue weighted by Gasteiger charge is -2.11. The fraction of sp³-hybridized carbons (Fsp3) is 0.267. The van der Waals surface area contributed by atoms with Gasteiger partial charge in [-0.15, -0.1) is 11.3 Å². The van der Waals surface area contributed by atoms with E-state index in [1.807, 2.05) is 18.2 Å². The van der Waals surface area contributed by atoms with E-state index in [1.165, 1.54) is 11.3 Å². The molecular weight excluding hydrogens is 290 g/mol. The highest BCUT2D eigenvalue weighted by molar-refractivity contribution is 7.18. The number of carbonyl (C=O) groups excluding carboxylic acids is 1. The van der Waals surface area contributed by atoms with E-state index < -0.39 is 5.97 Å². The molecule has 2 aromatic rings. The lowest BCUT2D eigenvalue weighted by molar-refractivity contribution is 0.0533. The maximum atomic E-state index is 11.8. The van der Waals surface area contributed by atoms with Crippen LogP contribution in [-0.4, -0.2) is 26.8 Å². The van der Waals surface area contributed by atoms with Gasteiger partial charge in [-0.2, -0.15) is 0 Å². The summed E-state index contributed by atoms with van der Waals surface area (Å²) in [5.41, 5.74) is 7.13. The number of esters is 1. The Morgan fingerprint density at radius 1 is 1.29 bits per heavy atom. The van der Waals surface area contributed by atoms with Crippen LogP contribution >= 0.6 is 11.3 Å². The van der Waals surface area contributed by atoms with Gasteiger partial charge in [0.05, 0.1) is 26.5 Å². The highest BCUT2D eigenvalue weighted by atomic mass is 32.1. The number of nitrogens with two attached hydrogens (primary N) is 1. The van der Waals surface area contributed by atoms with E-state index in [2.05, 4.69) is 0 Å². The number of ether oxygens (including phenoxy) is 3. The van der Waals surface area contributed by atoms with Gasteiger partial charge in [0.25, 0.3) is 0 Å². The van der Waals surface area contributed by atoms with Crippen molar-refractivity contribution in [3.8, 4) is 21.9 Å². The van der Waals surface area contributed by atoms with E-state index in [1.54, 1.807) is 27.2 Å². The number of anilines is 1. The summed E-state index contributed by atoms with van der Waals surface area (Å²) in [6.07, 6.45) is 0. The largest absolute Gasteiger partial charge is 0.493 e. The standard InChI is InChI=1S/C15H17NO4S/c1-4-20-15(17)14-10(16)8-12(21-14)9-6-5-7-11(18-2)13(9)19-3/h5-8H,4,16H2,1-3H3. The fourth-order valence-corrected chi connectivity index (χ4v) is 2.97. The Bertz CT molecular complexity index is 651. The first kappa shape index (κ1) is 15.2. The van der Waals surface area contributed by atoms with Crippen LogP contribution in [0.1, 0.15) is 16.6 Å². The third-order valence-electron chi connectivity index (χ3n) is 2.89. The summed E-state index contributed by atoms with van der Waals surface area (Å²) >= 11 is 1.27. The average molecular weight is 307 g/mol. The van der Waals surface area contributed by atoms with Gasteiger partial charge >= 0.3 is 5.97 Å². The second-order valence-corrected chi connectivity index (χ2v) is 5.21. The van der Waals surface area contributed by atoms with Gasteiger partial charge in [0.15, 0.2) is 11.5 Å². The molecule has 1 aromatic carbocycles. The van der Waals surface area contributed by atoms with E-state index in [9.17, 15) is 4.79 Å². The maximum Gasteiger partial charge on any atom is 0.350 e. The number of benzene rings is 1. The Morgan fingerprint density at radius 3 is 2.67 bits per heavy atom. The van der Waals surface area contributed by atoms with Crippen molar-refractivity contribution in [2.45, 2.75) is 6.92 Å². The number of nitrogen functional groups attached to an aromatic ring is 1. The van der Waals surface area contributed by atoms with Crippen molar-refractivity contribution in [1.29, 1.82) is 0 Å². The summed E-state index contributed by atoms with van der Waals surface area (Å²) in [6.45, 7) is 2.07. The Kier molecular flexibility index (Phi) is 4.70. The van der Waals surface area contributed by atoms with Gasteiger partial charge in [0.1, 0.15) is 4.88 Å². The summed E-state index contributed by atoms with van der Waals surface area (Å²) in [7, 11) is 3.15. The van der Waals surface area contributed by atoms with Crippen LogP contribution in [0, 0.1) is 0 Å². The molecule has 0 fully saturated rings. The minimum atomic E-state index is -0.409. The van der Waals surface area contributed by atoms with Gasteiger partial charge in [-0.3, -0.25) is 0 Å². The maximum absolute atomic E-state index is 11.8. The van der Waals surface area contributed by atoms with E-state index >= 15 is 0 Å². The zero-order chi connectivity index (χ0) is 15.4. The van der Waals surface area contributed by atoms with Crippen molar-refractivity contribution in [3.63, 3.8) is 0 Å². The molecule has 1 aromatic heterocycles. The predicted molar refractivity (Wildman–Crippen MR) is 83.2 cm³/mol. The van der Waals surface area contributed by atoms with Crippen LogP contribution in [0.15, 0.2) is 24.3 Å². The van der Waals surface area contributed by atoms with Crippen LogP contribution in [0.3, 0.4) is 0 Å². The fourth-order valence-electron chi connectivity index (χ4n) is 1.98. The Morgan fingerprint density at radius 2 is 2.05 bits per heavy atom. The van der Waals surface area contributed by atoms with Crippen molar-refractivity contribution in [2.24, 2.45) is 0 Å². The number of para-hydroxylation sites is 1. The topological polar surface area (TPSA) is 70.8 Å². The molecule has 0 atom stereocenters. The molecule has 0 aliphatic rings. The lowest BCUT2D eigenvalue weighted by atomic mass is 10.1. The van der Waals surface area contributed by atoms with Gasteiger partial charge in [-0.05, 0) is 25.1 Å². The molecule has 0 aliphatic heterocycles. The molecule has 0 saturated carbocycles. The van der Waals surface area contributed by atoms with Crippen LogP contribution < -0.4 is 15.2 Å². The molecule has 0 bridgehead atoms. The number of carbonyl (C=O) groups is 1. The summed E-state index contributed by atoms with van der Waals surface area (Å²) in [6, 6.07) is 7.30. The molecular formula is C15H17NO4S. The van der Waals surface area contributed by atoms with Gasteiger partial charge in [-0.25, -0.2) is 4.79 Å². The minimum Gasteiger partial charge on any atom is -0.493 e. The highest BCUT2D eigenvalue weighted by Crippen LogP contribution is 2.42. The molecule has 0 aliphatic carbocycles. The van der Waals surface area contributed by atoms with Crippen LogP contribution in [0.25, 0.3) is 10.4 Å². The third kappa shape index (κ3) is 2.95. The molecule has 0 saturated heterocycles. The first-order valence-electron chi connectivity index (χ1n) is 6.40. The number of hydrogen-bond acceptors (Lipinski definition) is 6. The van der Waals surface area contributed by atoms with E-state index in [0.717, 1.165) is 10.4 Å². The van der Waals surface area contributed by atoms with Crippen molar-refractivity contribution in [1.82, 2.24) is 0 Å². The van der Waals surface area contributed by atoms with Crippen molar-refractivity contribution in [3.05, 3.63) is 29.1 Å². The predicted octanol–water partition coefficient (Wildman–Crippen LogP) is 3.19. The molecule has 0 amide bonds. The van der Waals surface area contributed by atoms with E-state index in [-0.39, 0.29) is 0 Å². The molecule has 2 N–H and O–H groups in total. The molecule has 0 unspecified atom stereocenters. The number of methoxy groups -OCH3 is 2. The van der Waals surface area contributed by atoms with Crippen molar-refractivity contribution >= 4 is 23.0 Å². The van der Waals surface area contributed by atoms with E-state index in [4.69, 9.17) is 19.9 Å². The van der Waals surface area contributed by atoms with Gasteiger partial charge < -0.3 is 19.9 Å². The highest BCUT2D eigenvalue weighted by Gasteiger charge is 2.19. The normalized spacial score (nSPS) is 10.2. The van der Waals surface area contributed by atoms with Crippen LogP contribution in [0.5, 0.6) is 11.5 Å². The summed E-state index contributed by atoms with van der Waals surface area (Å²) in [5, 5.41) is 0. The van der Waals surface area contributed by atoms with Gasteiger partial charge in [0, 0.05) is 10.4 Å².